The highest BCUT2D eigenvalue weighted by Gasteiger charge is 2.15. The summed E-state index contributed by atoms with van der Waals surface area (Å²) in [6.45, 7) is 4.20. The van der Waals surface area contributed by atoms with Crippen LogP contribution >= 0.6 is 0 Å². The van der Waals surface area contributed by atoms with Crippen molar-refractivity contribution in [3.63, 3.8) is 0 Å². The molecule has 0 unspecified atom stereocenters. The van der Waals surface area contributed by atoms with E-state index < -0.39 is 0 Å². The molecule has 3 heterocycles. The molecule has 0 bridgehead atoms. The number of carbonyl (C=O) groups excluding carboxylic acids is 1. The van der Waals surface area contributed by atoms with E-state index in [1.807, 2.05) is 28.8 Å². The Labute approximate surface area is 190 Å². The molecule has 7 nitrogen and oxygen atoms in total. The summed E-state index contributed by atoms with van der Waals surface area (Å²) in [7, 11) is 1.48. The predicted octanol–water partition coefficient (Wildman–Crippen LogP) is 4.96. The lowest BCUT2D eigenvalue weighted by atomic mass is 9.89. The van der Waals surface area contributed by atoms with Gasteiger partial charge in [-0.25, -0.2) is 9.97 Å². The first-order valence-corrected chi connectivity index (χ1v) is 10.5. The summed E-state index contributed by atoms with van der Waals surface area (Å²) in [4.78, 5) is 19.9. The topological polar surface area (TPSA) is 82.3 Å². The molecule has 5 aromatic rings. The fourth-order valence-corrected chi connectivity index (χ4v) is 4.17. The van der Waals surface area contributed by atoms with Crippen LogP contribution in [0.15, 0.2) is 67.3 Å². The van der Waals surface area contributed by atoms with Crippen LogP contribution < -0.4 is 4.74 Å². The number of pyridine rings is 1. The number of rotatable bonds is 5. The van der Waals surface area contributed by atoms with Gasteiger partial charge in [-0.1, -0.05) is 36.4 Å². The maximum atomic E-state index is 11.2. The first kappa shape index (κ1) is 20.5. The lowest BCUT2D eigenvalue weighted by Gasteiger charge is -2.16. The zero-order chi connectivity index (χ0) is 22.9. The van der Waals surface area contributed by atoms with Gasteiger partial charge >= 0.3 is 0 Å². The Morgan fingerprint density at radius 2 is 1.61 bits per heavy atom. The Kier molecular flexibility index (Phi) is 5.14. The van der Waals surface area contributed by atoms with Gasteiger partial charge < -0.3 is 4.74 Å². The summed E-state index contributed by atoms with van der Waals surface area (Å²) in [6, 6.07) is 16.5. The Hall–Kier alpha value is -4.39. The summed E-state index contributed by atoms with van der Waals surface area (Å²) in [5, 5.41) is 8.06. The van der Waals surface area contributed by atoms with Crippen LogP contribution in [0.2, 0.25) is 0 Å². The lowest BCUT2D eigenvalue weighted by molar-refractivity contribution is 0.111. The smallest absolute Gasteiger partial charge is 0.243 e. The number of aldehydes is 1. The first-order valence-electron chi connectivity index (χ1n) is 10.5. The number of carbonyl (C=O) groups is 1. The summed E-state index contributed by atoms with van der Waals surface area (Å²) >= 11 is 0. The SMILES string of the molecule is COc1nc(-c2cccc(-c3cccc(-c4ccc5nncn5c4)c3C)c2C)cnc1C=O. The van der Waals surface area contributed by atoms with E-state index in [0.717, 1.165) is 39.0 Å². The van der Waals surface area contributed by atoms with Crippen LogP contribution in [0.1, 0.15) is 21.6 Å². The molecule has 5 rings (SSSR count). The quantitative estimate of drug-likeness (QED) is 0.363. The number of benzene rings is 2. The number of aromatic nitrogens is 5. The summed E-state index contributed by atoms with van der Waals surface area (Å²) in [5.41, 5.74) is 9.32. The monoisotopic (exact) mass is 435 g/mol. The van der Waals surface area contributed by atoms with Gasteiger partial charge in [-0.2, -0.15) is 0 Å². The number of fused-ring (bicyclic) bond motifs is 1. The van der Waals surface area contributed by atoms with Gasteiger partial charge in [0.25, 0.3) is 0 Å². The normalized spacial score (nSPS) is 11.0. The molecule has 0 aliphatic heterocycles. The molecular weight excluding hydrogens is 414 g/mol. The molecular formula is C26H21N5O2. The molecule has 0 saturated heterocycles. The van der Waals surface area contributed by atoms with Crippen LogP contribution in [0.5, 0.6) is 5.88 Å². The second-order valence-corrected chi connectivity index (χ2v) is 7.74. The zero-order valence-corrected chi connectivity index (χ0v) is 18.5. The van der Waals surface area contributed by atoms with E-state index in [1.54, 1.807) is 12.5 Å². The molecule has 0 spiro atoms. The lowest BCUT2D eigenvalue weighted by Crippen LogP contribution is -2.00. The van der Waals surface area contributed by atoms with Gasteiger partial charge in [0.05, 0.1) is 19.0 Å². The molecule has 0 atom stereocenters. The molecule has 162 valence electrons. The molecule has 0 aliphatic rings. The highest BCUT2D eigenvalue weighted by molar-refractivity contribution is 5.83. The van der Waals surface area contributed by atoms with Crippen molar-refractivity contribution in [2.75, 3.05) is 7.11 Å². The molecule has 0 saturated carbocycles. The van der Waals surface area contributed by atoms with E-state index in [4.69, 9.17) is 4.74 Å². The Morgan fingerprint density at radius 1 is 0.909 bits per heavy atom. The molecule has 0 N–H and O–H groups in total. The van der Waals surface area contributed by atoms with E-state index in [9.17, 15) is 4.79 Å². The van der Waals surface area contributed by atoms with E-state index in [1.165, 1.54) is 12.7 Å². The molecule has 0 radical (unpaired) electrons. The summed E-state index contributed by atoms with van der Waals surface area (Å²) in [6.07, 6.45) is 6.00. The second kappa shape index (κ2) is 8.27. The van der Waals surface area contributed by atoms with Crippen molar-refractivity contribution in [2.45, 2.75) is 13.8 Å². The van der Waals surface area contributed by atoms with E-state index in [0.29, 0.717) is 12.0 Å². The van der Waals surface area contributed by atoms with Crippen molar-refractivity contribution in [1.29, 1.82) is 0 Å². The van der Waals surface area contributed by atoms with Gasteiger partial charge in [-0.15, -0.1) is 10.2 Å². The second-order valence-electron chi connectivity index (χ2n) is 7.74. The Bertz CT molecular complexity index is 1510. The molecule has 33 heavy (non-hydrogen) atoms. The minimum atomic E-state index is 0.184. The number of hydrogen-bond donors (Lipinski definition) is 0. The molecule has 3 aromatic heterocycles. The summed E-state index contributed by atoms with van der Waals surface area (Å²) < 4.78 is 7.16. The fraction of sp³-hybridized carbons (Fsp3) is 0.115. The van der Waals surface area contributed by atoms with Gasteiger partial charge in [-0.05, 0) is 59.4 Å². The number of nitrogens with zero attached hydrogens (tertiary/aromatic N) is 5. The van der Waals surface area contributed by atoms with E-state index in [2.05, 4.69) is 64.3 Å². The molecule has 0 aliphatic carbocycles. The maximum Gasteiger partial charge on any atom is 0.243 e. The number of ether oxygens (including phenoxy) is 1. The Morgan fingerprint density at radius 3 is 2.33 bits per heavy atom. The molecule has 0 amide bonds. The minimum Gasteiger partial charge on any atom is -0.479 e. The summed E-state index contributed by atoms with van der Waals surface area (Å²) in [5.74, 6) is 0.217. The van der Waals surface area contributed by atoms with E-state index in [-0.39, 0.29) is 11.6 Å². The van der Waals surface area contributed by atoms with Gasteiger partial charge in [0, 0.05) is 11.8 Å². The van der Waals surface area contributed by atoms with Crippen LogP contribution in [0.25, 0.3) is 39.2 Å². The van der Waals surface area contributed by atoms with Gasteiger partial charge in [-0.3, -0.25) is 9.20 Å². The van der Waals surface area contributed by atoms with Crippen LogP contribution in [0, 0.1) is 13.8 Å². The zero-order valence-electron chi connectivity index (χ0n) is 18.5. The third kappa shape index (κ3) is 3.53. The number of methoxy groups -OCH3 is 1. The van der Waals surface area contributed by atoms with Crippen LogP contribution in [-0.2, 0) is 0 Å². The molecule has 2 aromatic carbocycles. The average molecular weight is 435 g/mol. The van der Waals surface area contributed by atoms with E-state index >= 15 is 0 Å². The standard InChI is InChI=1S/C26H21N5O2/c1-16-19(18-10-11-25-30-28-15-31(25)13-18)6-4-7-20(16)21-8-5-9-22(17(21)2)23-12-27-24(14-32)26(29-23)33-3/h4-15H,1-3H3. The van der Waals surface area contributed by atoms with Crippen LogP contribution in [-0.4, -0.2) is 38.0 Å². The fourth-order valence-electron chi connectivity index (χ4n) is 4.17. The minimum absolute atomic E-state index is 0.184. The van der Waals surface area contributed by atoms with Crippen LogP contribution in [0.3, 0.4) is 0 Å². The van der Waals surface area contributed by atoms with Crippen molar-refractivity contribution >= 4 is 11.9 Å². The van der Waals surface area contributed by atoms with Gasteiger partial charge in [0.2, 0.25) is 5.88 Å². The van der Waals surface area contributed by atoms with Crippen molar-refractivity contribution < 1.29 is 9.53 Å². The Balaban J connectivity index is 1.62. The first-order chi connectivity index (χ1) is 16.1. The molecule has 7 heteroatoms. The van der Waals surface area contributed by atoms with Crippen molar-refractivity contribution in [2.24, 2.45) is 0 Å². The van der Waals surface area contributed by atoms with Crippen molar-refractivity contribution in [1.82, 2.24) is 24.6 Å². The molecule has 0 fully saturated rings. The predicted molar refractivity (Wildman–Crippen MR) is 126 cm³/mol. The number of hydrogen-bond acceptors (Lipinski definition) is 6. The highest BCUT2D eigenvalue weighted by atomic mass is 16.5. The largest absolute Gasteiger partial charge is 0.479 e. The van der Waals surface area contributed by atoms with Gasteiger partial charge in [0.15, 0.2) is 17.6 Å². The van der Waals surface area contributed by atoms with Crippen molar-refractivity contribution in [3.8, 4) is 39.4 Å². The third-order valence-electron chi connectivity index (χ3n) is 5.91. The average Bonchev–Trinajstić information content (AvgIpc) is 3.32. The third-order valence-corrected chi connectivity index (χ3v) is 5.91. The highest BCUT2D eigenvalue weighted by Crippen LogP contribution is 2.36. The van der Waals surface area contributed by atoms with Crippen LogP contribution in [0.4, 0.5) is 0 Å². The van der Waals surface area contributed by atoms with Gasteiger partial charge in [0.1, 0.15) is 6.33 Å². The maximum absolute atomic E-state index is 11.2. The van der Waals surface area contributed by atoms with Crippen molar-refractivity contribution in [3.05, 3.63) is 84.1 Å².